The number of aromatic nitrogens is 2. The second kappa shape index (κ2) is 11.7. The molecule has 210 valence electrons. The molecule has 2 aliphatic rings. The molecule has 7 aromatic rings. The fourth-order valence-electron chi connectivity index (χ4n) is 5.80. The third kappa shape index (κ3) is 4.84. The number of fused-ring (bicyclic) bond motifs is 5. The molecular formula is C38H24BN2O2Pt+. The van der Waals surface area contributed by atoms with Gasteiger partial charge in [0.15, 0.2) is 0 Å². The third-order valence-electron chi connectivity index (χ3n) is 7.82. The summed E-state index contributed by atoms with van der Waals surface area (Å²) < 4.78 is 16.2. The van der Waals surface area contributed by atoms with E-state index in [9.17, 15) is 0 Å². The minimum Gasteiger partial charge on any atom is -0.518 e. The number of para-hydroxylation sites is 3. The van der Waals surface area contributed by atoms with Crippen LogP contribution in [0.4, 0.5) is 0 Å². The van der Waals surface area contributed by atoms with Gasteiger partial charge in [0.1, 0.15) is 11.5 Å². The summed E-state index contributed by atoms with van der Waals surface area (Å²) in [6.45, 7) is 2.17. The summed E-state index contributed by atoms with van der Waals surface area (Å²) in [5.41, 5.74) is 8.76. The summed E-state index contributed by atoms with van der Waals surface area (Å²) in [4.78, 5) is 0. The zero-order valence-electron chi connectivity index (χ0n) is 23.7. The number of aryl methyl sites for hydroxylation is 1. The van der Waals surface area contributed by atoms with Gasteiger partial charge in [0.2, 0.25) is 6.71 Å². The third-order valence-corrected chi connectivity index (χ3v) is 7.82. The zero-order chi connectivity index (χ0) is 28.8. The van der Waals surface area contributed by atoms with Gasteiger partial charge in [-0.05, 0) is 36.9 Å². The minimum atomic E-state index is 0. The van der Waals surface area contributed by atoms with Crippen molar-refractivity contribution >= 4 is 34.1 Å². The molecule has 0 radical (unpaired) electrons. The number of ether oxygens (including phenoxy) is 2. The molecule has 3 heterocycles. The maximum absolute atomic E-state index is 6.01. The molecule has 2 aliphatic heterocycles. The molecule has 0 amide bonds. The van der Waals surface area contributed by atoms with Gasteiger partial charge < -0.3 is 14.0 Å². The van der Waals surface area contributed by atoms with Crippen LogP contribution in [0.2, 0.25) is 0 Å². The van der Waals surface area contributed by atoms with Crippen molar-refractivity contribution in [1.29, 1.82) is 0 Å². The number of imidazole rings is 1. The van der Waals surface area contributed by atoms with E-state index in [0.29, 0.717) is 0 Å². The quantitative estimate of drug-likeness (QED) is 0.127. The predicted molar refractivity (Wildman–Crippen MR) is 169 cm³/mol. The molecule has 6 aromatic carbocycles. The number of hydrogen-bond donors (Lipinski definition) is 0. The van der Waals surface area contributed by atoms with Crippen molar-refractivity contribution in [3.8, 4) is 34.4 Å². The summed E-state index contributed by atoms with van der Waals surface area (Å²) in [6.07, 6.45) is 3.44. The summed E-state index contributed by atoms with van der Waals surface area (Å²) in [5.74, 6) is 3.43. The number of hydrogen-bond acceptors (Lipinski definition) is 2. The molecular weight excluding hydrogens is 722 g/mol. The molecule has 6 heteroatoms. The molecule has 0 atom stereocenters. The van der Waals surface area contributed by atoms with Crippen LogP contribution in [-0.4, -0.2) is 11.3 Å². The maximum Gasteiger partial charge on any atom is 4.00 e. The van der Waals surface area contributed by atoms with Crippen LogP contribution in [-0.2, 0) is 21.1 Å². The molecule has 0 N–H and O–H groups in total. The van der Waals surface area contributed by atoms with Crippen LogP contribution in [0, 0.1) is 31.5 Å². The normalized spacial score (nSPS) is 11.9. The van der Waals surface area contributed by atoms with Gasteiger partial charge in [-0.25, -0.2) is 0 Å². The fourth-order valence-corrected chi connectivity index (χ4v) is 5.80. The Hall–Kier alpha value is -4.86. The van der Waals surface area contributed by atoms with Crippen molar-refractivity contribution in [2.24, 2.45) is 0 Å². The van der Waals surface area contributed by atoms with E-state index < -0.39 is 0 Å². The zero-order valence-corrected chi connectivity index (χ0v) is 26.0. The average molecular weight is 747 g/mol. The van der Waals surface area contributed by atoms with E-state index in [1.807, 2.05) is 78.9 Å². The molecule has 0 unspecified atom stereocenters. The van der Waals surface area contributed by atoms with E-state index >= 15 is 0 Å². The summed E-state index contributed by atoms with van der Waals surface area (Å²) in [5, 5.41) is 0. The van der Waals surface area contributed by atoms with Gasteiger partial charge in [-0.1, -0.05) is 48.0 Å². The standard InChI is InChI=1S/C20H15N2.C18H9BO2.Pt/c1-16-11-13-18(14-12-16)22-15-21(17-7-3-2-4-8-17)19-9-5-6-10-20(19)22;1-3-8-14-12(6-1)19-13-7-2-4-9-15(13)21-17-11-5-10-16(20-14)18(17)19;/h2-7,9-14H,1H3;1-5,8-11H;/q-1;-2;+4. The largest absolute Gasteiger partial charge is 4.00 e. The molecule has 44 heavy (non-hydrogen) atoms. The van der Waals surface area contributed by atoms with E-state index in [1.165, 1.54) is 5.56 Å². The van der Waals surface area contributed by atoms with E-state index in [4.69, 9.17) is 9.47 Å². The molecule has 0 bridgehead atoms. The summed E-state index contributed by atoms with van der Waals surface area (Å²) in [6, 6.07) is 52.4. The smallest absolute Gasteiger partial charge is 0.518 e. The Morgan fingerprint density at radius 2 is 1.23 bits per heavy atom. The van der Waals surface area contributed by atoms with Crippen LogP contribution in [0.15, 0.2) is 127 Å². The summed E-state index contributed by atoms with van der Waals surface area (Å²) >= 11 is 0. The van der Waals surface area contributed by atoms with Crippen molar-refractivity contribution < 1.29 is 35.1 Å². The topological polar surface area (TPSA) is 27.3 Å². The van der Waals surface area contributed by atoms with Gasteiger partial charge >= 0.3 is 21.1 Å². The molecule has 0 aliphatic carbocycles. The van der Waals surface area contributed by atoms with Gasteiger partial charge in [0.05, 0.1) is 16.7 Å². The van der Waals surface area contributed by atoms with E-state index in [2.05, 4.69) is 89.1 Å². The summed E-state index contributed by atoms with van der Waals surface area (Å²) in [7, 11) is 0. The second-order valence-corrected chi connectivity index (χ2v) is 10.5. The molecule has 1 aromatic heterocycles. The second-order valence-electron chi connectivity index (χ2n) is 10.5. The van der Waals surface area contributed by atoms with Crippen LogP contribution >= 0.6 is 0 Å². The first-order valence-electron chi connectivity index (χ1n) is 14.2. The number of nitrogens with zero attached hydrogens (tertiary/aromatic N) is 2. The molecule has 0 fully saturated rings. The van der Waals surface area contributed by atoms with Gasteiger partial charge in [0, 0.05) is 17.0 Å². The Morgan fingerprint density at radius 1 is 0.614 bits per heavy atom. The Kier molecular flexibility index (Phi) is 7.41. The van der Waals surface area contributed by atoms with Crippen molar-refractivity contribution in [3.63, 3.8) is 0 Å². The Bertz CT molecular complexity index is 2040. The molecule has 0 saturated heterocycles. The van der Waals surface area contributed by atoms with E-state index in [-0.39, 0.29) is 27.8 Å². The van der Waals surface area contributed by atoms with Crippen LogP contribution in [0.5, 0.6) is 23.0 Å². The first-order chi connectivity index (χ1) is 21.2. The van der Waals surface area contributed by atoms with Crippen molar-refractivity contribution in [1.82, 2.24) is 4.57 Å². The van der Waals surface area contributed by atoms with Gasteiger partial charge in [0.25, 0.3) is 6.33 Å². The van der Waals surface area contributed by atoms with Crippen LogP contribution in [0.1, 0.15) is 5.56 Å². The predicted octanol–water partition coefficient (Wildman–Crippen LogP) is 5.83. The Balaban J connectivity index is 0.000000139. The molecule has 9 rings (SSSR count). The van der Waals surface area contributed by atoms with Crippen molar-refractivity contribution in [2.75, 3.05) is 0 Å². The minimum absolute atomic E-state index is 0. The van der Waals surface area contributed by atoms with Crippen LogP contribution < -0.4 is 30.4 Å². The number of rotatable bonds is 2. The number of benzene rings is 6. The Labute approximate surface area is 271 Å². The first-order valence-corrected chi connectivity index (χ1v) is 14.2. The van der Waals surface area contributed by atoms with E-state index in [1.54, 1.807) is 0 Å². The van der Waals surface area contributed by atoms with Crippen LogP contribution in [0.25, 0.3) is 22.4 Å². The van der Waals surface area contributed by atoms with Gasteiger partial charge in [-0.3, -0.25) is 4.57 Å². The van der Waals surface area contributed by atoms with Crippen molar-refractivity contribution in [3.05, 3.63) is 157 Å². The van der Waals surface area contributed by atoms with Gasteiger partial charge in [-0.15, -0.1) is 23.1 Å². The first kappa shape index (κ1) is 27.9. The molecule has 4 nitrogen and oxygen atoms in total. The fraction of sp³-hybridized carbons (Fsp3) is 0.0263. The van der Waals surface area contributed by atoms with Crippen LogP contribution in [0.3, 0.4) is 0 Å². The molecule has 0 saturated carbocycles. The van der Waals surface area contributed by atoms with E-state index in [0.717, 1.165) is 61.8 Å². The SMILES string of the molecule is Cc1ccc(-[n+]2[c-]n(-c3[c-]cccc3)c3ccccc32)cc1.[Pt+4].[c-]1cccc2c1B1c3[c-]cccc3Oc3cccc(c31)O2. The average Bonchev–Trinajstić information content (AvgIpc) is 3.45. The van der Waals surface area contributed by atoms with Gasteiger partial charge in [-0.2, -0.15) is 66.7 Å². The van der Waals surface area contributed by atoms with Crippen molar-refractivity contribution in [2.45, 2.75) is 6.92 Å². The monoisotopic (exact) mass is 746 g/mol. The Morgan fingerprint density at radius 3 is 1.89 bits per heavy atom. The maximum atomic E-state index is 6.01. The molecule has 0 spiro atoms.